The minimum Gasteiger partial charge on any atom is -0.496 e. The summed E-state index contributed by atoms with van der Waals surface area (Å²) in [5.74, 6) is -0.537. The van der Waals surface area contributed by atoms with Gasteiger partial charge in [0.2, 0.25) is 11.6 Å². The predicted octanol–water partition coefficient (Wildman–Crippen LogP) is 0.615. The summed E-state index contributed by atoms with van der Waals surface area (Å²) in [7, 11) is 1.46. The van der Waals surface area contributed by atoms with E-state index in [1.807, 2.05) is 0 Å². The minimum absolute atomic E-state index is 0.467. The van der Waals surface area contributed by atoms with Crippen LogP contribution >= 0.6 is 0 Å². The van der Waals surface area contributed by atoms with Crippen LogP contribution in [0, 0.1) is 0 Å². The second-order valence-corrected chi connectivity index (χ2v) is 2.27. The Kier molecular flexibility index (Phi) is 1.89. The number of methoxy groups -OCH3 is 1. The lowest BCUT2D eigenvalue weighted by Crippen LogP contribution is -2.14. The fraction of sp³-hybridized carbons (Fsp3) is 0.250. The molecule has 1 rings (SSSR count). The van der Waals surface area contributed by atoms with Gasteiger partial charge < -0.3 is 4.74 Å². The Hall–Kier alpha value is -1.38. The molecule has 0 amide bonds. The maximum Gasteiger partial charge on any atom is 0.229 e. The zero-order valence-electron chi connectivity index (χ0n) is 6.38. The third-order valence-corrected chi connectivity index (χ3v) is 1.46. The predicted molar refractivity (Wildman–Crippen MR) is 38.9 cm³/mol. The lowest BCUT2D eigenvalue weighted by Gasteiger charge is -2.08. The smallest absolute Gasteiger partial charge is 0.229 e. The number of carbonyl (C=O) groups is 2. The van der Waals surface area contributed by atoms with E-state index in [2.05, 4.69) is 0 Å². The van der Waals surface area contributed by atoms with Crippen LogP contribution in [-0.2, 0) is 14.3 Å². The molecule has 0 fully saturated rings. The first kappa shape index (κ1) is 7.72. The molecule has 58 valence electrons. The van der Waals surface area contributed by atoms with Crippen molar-refractivity contribution in [2.24, 2.45) is 0 Å². The standard InChI is InChI=1S/C8H8O3/c1-5-3-6(9)7(10)4-8(5)11-2/h3-4H,1-2H3. The number of allylic oxidation sites excluding steroid dienone is 3. The zero-order chi connectivity index (χ0) is 8.43. The van der Waals surface area contributed by atoms with Crippen LogP contribution in [0.1, 0.15) is 6.92 Å². The van der Waals surface area contributed by atoms with E-state index >= 15 is 0 Å². The number of ether oxygens (including phenoxy) is 1. The highest BCUT2D eigenvalue weighted by molar-refractivity contribution is 6.46. The molecule has 0 unspecified atom stereocenters. The molecule has 0 aromatic heterocycles. The van der Waals surface area contributed by atoms with Gasteiger partial charge in [0.05, 0.1) is 7.11 Å². The number of hydrogen-bond acceptors (Lipinski definition) is 3. The van der Waals surface area contributed by atoms with Crippen LogP contribution in [0.15, 0.2) is 23.5 Å². The van der Waals surface area contributed by atoms with Gasteiger partial charge in [-0.05, 0) is 18.6 Å². The van der Waals surface area contributed by atoms with Gasteiger partial charge in [-0.1, -0.05) is 0 Å². The molecule has 3 nitrogen and oxygen atoms in total. The third kappa shape index (κ3) is 1.37. The molecular formula is C8H8O3. The van der Waals surface area contributed by atoms with Gasteiger partial charge in [0.1, 0.15) is 5.76 Å². The van der Waals surface area contributed by atoms with Gasteiger partial charge in [-0.25, -0.2) is 0 Å². The molecule has 0 N–H and O–H groups in total. The molecule has 0 aromatic rings. The van der Waals surface area contributed by atoms with Crippen molar-refractivity contribution >= 4 is 11.6 Å². The van der Waals surface area contributed by atoms with E-state index in [1.54, 1.807) is 6.92 Å². The van der Waals surface area contributed by atoms with E-state index < -0.39 is 11.6 Å². The van der Waals surface area contributed by atoms with Gasteiger partial charge in [-0.3, -0.25) is 9.59 Å². The van der Waals surface area contributed by atoms with Crippen molar-refractivity contribution in [3.05, 3.63) is 23.5 Å². The van der Waals surface area contributed by atoms with Gasteiger partial charge in [-0.2, -0.15) is 0 Å². The molecule has 3 heteroatoms. The summed E-state index contributed by atoms with van der Waals surface area (Å²) in [6, 6.07) is 0. The average molecular weight is 152 g/mol. The zero-order valence-corrected chi connectivity index (χ0v) is 6.38. The summed E-state index contributed by atoms with van der Waals surface area (Å²) in [5.41, 5.74) is 0.692. The Morgan fingerprint density at radius 2 is 1.73 bits per heavy atom. The molecular weight excluding hydrogens is 144 g/mol. The Morgan fingerprint density at radius 1 is 1.18 bits per heavy atom. The summed E-state index contributed by atoms with van der Waals surface area (Å²) in [6.45, 7) is 1.72. The quantitative estimate of drug-likeness (QED) is 0.408. The summed E-state index contributed by atoms with van der Waals surface area (Å²) in [5, 5.41) is 0. The normalized spacial score (nSPS) is 17.6. The molecule has 0 atom stereocenters. The van der Waals surface area contributed by atoms with Gasteiger partial charge in [0.15, 0.2) is 0 Å². The van der Waals surface area contributed by atoms with Crippen LogP contribution in [0.3, 0.4) is 0 Å². The molecule has 0 saturated heterocycles. The van der Waals surface area contributed by atoms with E-state index in [0.717, 1.165) is 0 Å². The molecule has 1 aliphatic carbocycles. The molecule has 0 spiro atoms. The van der Waals surface area contributed by atoms with Gasteiger partial charge in [-0.15, -0.1) is 0 Å². The molecule has 0 aromatic carbocycles. The Bertz CT molecular complexity index is 271. The first-order valence-electron chi connectivity index (χ1n) is 3.18. The maximum atomic E-state index is 10.8. The van der Waals surface area contributed by atoms with Crippen LogP contribution in [0.25, 0.3) is 0 Å². The fourth-order valence-corrected chi connectivity index (χ4v) is 0.863. The highest BCUT2D eigenvalue weighted by atomic mass is 16.5. The average Bonchev–Trinajstić information content (AvgIpc) is 1.97. The van der Waals surface area contributed by atoms with Crippen molar-refractivity contribution in [1.29, 1.82) is 0 Å². The summed E-state index contributed by atoms with van der Waals surface area (Å²) in [4.78, 5) is 21.5. The first-order valence-corrected chi connectivity index (χ1v) is 3.18. The maximum absolute atomic E-state index is 10.8. The van der Waals surface area contributed by atoms with E-state index in [1.165, 1.54) is 19.3 Å². The van der Waals surface area contributed by atoms with E-state index in [9.17, 15) is 9.59 Å². The van der Waals surface area contributed by atoms with Crippen molar-refractivity contribution in [1.82, 2.24) is 0 Å². The van der Waals surface area contributed by atoms with Crippen LogP contribution in [0.2, 0.25) is 0 Å². The van der Waals surface area contributed by atoms with E-state index in [0.29, 0.717) is 11.3 Å². The minimum atomic E-state index is -0.521. The number of ketones is 2. The van der Waals surface area contributed by atoms with Crippen LogP contribution in [-0.4, -0.2) is 18.7 Å². The Morgan fingerprint density at radius 3 is 2.27 bits per heavy atom. The van der Waals surface area contributed by atoms with Crippen LogP contribution in [0.5, 0.6) is 0 Å². The molecule has 0 heterocycles. The topological polar surface area (TPSA) is 43.4 Å². The molecule has 11 heavy (non-hydrogen) atoms. The van der Waals surface area contributed by atoms with Gasteiger partial charge in [0, 0.05) is 6.08 Å². The highest BCUT2D eigenvalue weighted by Crippen LogP contribution is 2.14. The van der Waals surface area contributed by atoms with Crippen molar-refractivity contribution in [2.45, 2.75) is 6.92 Å². The van der Waals surface area contributed by atoms with Gasteiger partial charge in [0.25, 0.3) is 0 Å². The lowest BCUT2D eigenvalue weighted by atomic mass is 10.0. The van der Waals surface area contributed by atoms with Crippen LogP contribution < -0.4 is 0 Å². The SMILES string of the molecule is COC1=CC(=O)C(=O)C=C1C. The number of hydrogen-bond donors (Lipinski definition) is 0. The summed E-state index contributed by atoms with van der Waals surface area (Å²) < 4.78 is 4.84. The van der Waals surface area contributed by atoms with Gasteiger partial charge >= 0.3 is 0 Å². The second-order valence-electron chi connectivity index (χ2n) is 2.27. The van der Waals surface area contributed by atoms with Crippen molar-refractivity contribution < 1.29 is 14.3 Å². The molecule has 0 bridgehead atoms. The Labute approximate surface area is 64.3 Å². The van der Waals surface area contributed by atoms with Crippen molar-refractivity contribution in [3.63, 3.8) is 0 Å². The summed E-state index contributed by atoms with van der Waals surface area (Å²) >= 11 is 0. The van der Waals surface area contributed by atoms with E-state index in [4.69, 9.17) is 4.74 Å². The number of rotatable bonds is 1. The largest absolute Gasteiger partial charge is 0.496 e. The third-order valence-electron chi connectivity index (χ3n) is 1.46. The van der Waals surface area contributed by atoms with Crippen molar-refractivity contribution in [2.75, 3.05) is 7.11 Å². The second kappa shape index (κ2) is 2.70. The monoisotopic (exact) mass is 152 g/mol. The molecule has 0 radical (unpaired) electrons. The molecule has 0 aliphatic heterocycles. The van der Waals surface area contributed by atoms with Crippen LogP contribution in [0.4, 0.5) is 0 Å². The highest BCUT2D eigenvalue weighted by Gasteiger charge is 2.17. The first-order chi connectivity index (χ1) is 5.15. The lowest BCUT2D eigenvalue weighted by molar-refractivity contribution is -0.131. The number of carbonyl (C=O) groups excluding carboxylic acids is 2. The van der Waals surface area contributed by atoms with Crippen molar-refractivity contribution in [3.8, 4) is 0 Å². The molecule has 0 saturated carbocycles. The fourth-order valence-electron chi connectivity index (χ4n) is 0.863. The van der Waals surface area contributed by atoms with E-state index in [-0.39, 0.29) is 0 Å². The summed E-state index contributed by atoms with van der Waals surface area (Å²) in [6.07, 6.45) is 2.48. The Balaban J connectivity index is 3.00. The molecule has 1 aliphatic rings.